The quantitative estimate of drug-likeness (QED) is 0.470. The van der Waals surface area contributed by atoms with Crippen LogP contribution in [0.5, 0.6) is 5.75 Å². The Balaban J connectivity index is 1.62. The summed E-state index contributed by atoms with van der Waals surface area (Å²) in [6.07, 6.45) is 0. The van der Waals surface area contributed by atoms with Gasteiger partial charge in [-0.2, -0.15) is 0 Å². The minimum Gasteiger partial charge on any atom is -0.497 e. The third-order valence-corrected chi connectivity index (χ3v) is 5.98. The maximum Gasteiger partial charge on any atom is 0.252 e. The maximum absolute atomic E-state index is 13.1. The molecule has 1 amide bonds. The number of ether oxygens (including phenoxy) is 1. The molecule has 0 saturated heterocycles. The van der Waals surface area contributed by atoms with E-state index in [0.717, 1.165) is 22.3 Å². The van der Waals surface area contributed by atoms with Crippen molar-refractivity contribution in [3.8, 4) is 17.0 Å². The van der Waals surface area contributed by atoms with Crippen LogP contribution in [0.1, 0.15) is 15.9 Å². The predicted octanol–water partition coefficient (Wildman–Crippen LogP) is 3.49. The summed E-state index contributed by atoms with van der Waals surface area (Å²) >= 11 is 0. The van der Waals surface area contributed by atoms with Crippen molar-refractivity contribution in [2.45, 2.75) is 11.4 Å². The van der Waals surface area contributed by atoms with Gasteiger partial charge in [0.15, 0.2) is 0 Å². The molecule has 1 aromatic heterocycles. The number of primary sulfonamides is 1. The molecule has 4 rings (SSSR count). The van der Waals surface area contributed by atoms with E-state index in [1.807, 2.05) is 48.5 Å². The minimum absolute atomic E-state index is 0.0248. The average molecular weight is 448 g/mol. The smallest absolute Gasteiger partial charge is 0.252 e. The van der Waals surface area contributed by atoms with Crippen LogP contribution in [-0.4, -0.2) is 26.4 Å². The first kappa shape index (κ1) is 21.5. The Morgan fingerprint density at radius 1 is 1.00 bits per heavy atom. The van der Waals surface area contributed by atoms with Gasteiger partial charge in [-0.25, -0.2) is 18.5 Å². The number of carbonyl (C=O) groups excluding carboxylic acids is 1. The highest BCUT2D eigenvalue weighted by Gasteiger charge is 2.14. The van der Waals surface area contributed by atoms with Gasteiger partial charge in [-0.1, -0.05) is 30.3 Å². The summed E-state index contributed by atoms with van der Waals surface area (Å²) in [7, 11) is -2.15. The number of para-hydroxylation sites is 1. The lowest BCUT2D eigenvalue weighted by Gasteiger charge is -2.11. The number of hydrogen-bond acceptors (Lipinski definition) is 5. The van der Waals surface area contributed by atoms with Gasteiger partial charge in [-0.15, -0.1) is 0 Å². The lowest BCUT2D eigenvalue weighted by molar-refractivity contribution is 0.0952. The molecular formula is C24H21N3O4S. The zero-order valence-electron chi connectivity index (χ0n) is 17.3. The first-order valence-electron chi connectivity index (χ1n) is 9.79. The van der Waals surface area contributed by atoms with Crippen LogP contribution in [0.4, 0.5) is 0 Å². The number of amides is 1. The van der Waals surface area contributed by atoms with Crippen molar-refractivity contribution in [3.05, 3.63) is 90.0 Å². The van der Waals surface area contributed by atoms with Crippen LogP contribution in [0.2, 0.25) is 0 Å². The normalized spacial score (nSPS) is 11.3. The molecule has 0 fully saturated rings. The topological polar surface area (TPSA) is 111 Å². The summed E-state index contributed by atoms with van der Waals surface area (Å²) in [6.45, 7) is 0.234. The summed E-state index contributed by atoms with van der Waals surface area (Å²) in [5, 5.41) is 8.76. The molecule has 162 valence electrons. The van der Waals surface area contributed by atoms with Crippen LogP contribution in [0.3, 0.4) is 0 Å². The van der Waals surface area contributed by atoms with Crippen molar-refractivity contribution in [2.24, 2.45) is 5.14 Å². The molecule has 32 heavy (non-hydrogen) atoms. The van der Waals surface area contributed by atoms with E-state index >= 15 is 0 Å². The number of aromatic nitrogens is 1. The zero-order valence-corrected chi connectivity index (χ0v) is 18.1. The van der Waals surface area contributed by atoms with E-state index in [-0.39, 0.29) is 17.3 Å². The number of hydrogen-bond donors (Lipinski definition) is 2. The van der Waals surface area contributed by atoms with Crippen LogP contribution < -0.4 is 15.2 Å². The maximum atomic E-state index is 13.1. The van der Waals surface area contributed by atoms with Gasteiger partial charge in [0.25, 0.3) is 5.91 Å². The highest BCUT2D eigenvalue weighted by Crippen LogP contribution is 2.26. The number of nitrogens with two attached hydrogens (primary N) is 1. The second-order valence-electron chi connectivity index (χ2n) is 7.17. The van der Waals surface area contributed by atoms with Gasteiger partial charge in [0.1, 0.15) is 5.75 Å². The van der Waals surface area contributed by atoms with Crippen LogP contribution >= 0.6 is 0 Å². The van der Waals surface area contributed by atoms with Crippen molar-refractivity contribution < 1.29 is 17.9 Å². The monoisotopic (exact) mass is 447 g/mol. The highest BCUT2D eigenvalue weighted by molar-refractivity contribution is 7.89. The van der Waals surface area contributed by atoms with Crippen molar-refractivity contribution in [1.82, 2.24) is 10.3 Å². The molecular weight excluding hydrogens is 426 g/mol. The fourth-order valence-corrected chi connectivity index (χ4v) is 3.86. The van der Waals surface area contributed by atoms with E-state index in [0.29, 0.717) is 16.8 Å². The molecule has 0 radical (unpaired) electrons. The summed E-state index contributed by atoms with van der Waals surface area (Å²) in [5.74, 6) is 0.481. The van der Waals surface area contributed by atoms with Gasteiger partial charge in [0, 0.05) is 17.5 Å². The Labute approximate surface area is 185 Å². The molecule has 0 atom stereocenters. The average Bonchev–Trinajstić information content (AvgIpc) is 2.81. The number of nitrogens with zero attached hydrogens (tertiary/aromatic N) is 1. The van der Waals surface area contributed by atoms with Gasteiger partial charge in [-0.3, -0.25) is 4.79 Å². The number of sulfonamides is 1. The molecule has 7 nitrogen and oxygen atoms in total. The van der Waals surface area contributed by atoms with Gasteiger partial charge in [0.05, 0.1) is 28.8 Å². The van der Waals surface area contributed by atoms with Gasteiger partial charge < -0.3 is 10.1 Å². The molecule has 3 N–H and O–H groups in total. The second kappa shape index (κ2) is 8.78. The van der Waals surface area contributed by atoms with Gasteiger partial charge >= 0.3 is 0 Å². The van der Waals surface area contributed by atoms with Crippen molar-refractivity contribution in [2.75, 3.05) is 7.11 Å². The minimum atomic E-state index is -3.76. The van der Waals surface area contributed by atoms with Crippen molar-refractivity contribution in [1.29, 1.82) is 0 Å². The molecule has 3 aromatic carbocycles. The van der Waals surface area contributed by atoms with Gasteiger partial charge in [0.2, 0.25) is 10.0 Å². The highest BCUT2D eigenvalue weighted by atomic mass is 32.2. The summed E-state index contributed by atoms with van der Waals surface area (Å²) < 4.78 is 28.0. The molecule has 0 aliphatic heterocycles. The molecule has 0 saturated carbocycles. The van der Waals surface area contributed by atoms with E-state index in [4.69, 9.17) is 14.9 Å². The third kappa shape index (κ3) is 4.61. The van der Waals surface area contributed by atoms with E-state index < -0.39 is 10.0 Å². The predicted molar refractivity (Wildman–Crippen MR) is 123 cm³/mol. The van der Waals surface area contributed by atoms with E-state index in [9.17, 15) is 13.2 Å². The molecule has 0 bridgehead atoms. The number of fused-ring (bicyclic) bond motifs is 1. The number of benzene rings is 3. The van der Waals surface area contributed by atoms with Crippen molar-refractivity contribution in [3.63, 3.8) is 0 Å². The number of rotatable bonds is 6. The third-order valence-electron chi connectivity index (χ3n) is 5.05. The lowest BCUT2D eigenvalue weighted by atomic mass is 10.0. The Kier molecular flexibility index (Phi) is 5.89. The van der Waals surface area contributed by atoms with Crippen LogP contribution in [0, 0.1) is 0 Å². The fraction of sp³-hybridized carbons (Fsp3) is 0.0833. The SMILES string of the molecule is COc1ccc(-c2cc(C(=O)NCc3ccc(S(N)(=O)=O)cc3)c3ccccc3n2)cc1. The summed E-state index contributed by atoms with van der Waals surface area (Å²) in [5.41, 5.74) is 3.50. The number of methoxy groups -OCH3 is 1. The van der Waals surface area contributed by atoms with Crippen molar-refractivity contribution >= 4 is 26.8 Å². The molecule has 0 aliphatic rings. The summed E-state index contributed by atoms with van der Waals surface area (Å²) in [4.78, 5) is 17.8. The van der Waals surface area contributed by atoms with E-state index in [2.05, 4.69) is 5.32 Å². The van der Waals surface area contributed by atoms with Gasteiger partial charge in [-0.05, 0) is 54.1 Å². The molecule has 0 unspecified atom stereocenters. The summed E-state index contributed by atoms with van der Waals surface area (Å²) in [6, 6.07) is 22.8. The largest absolute Gasteiger partial charge is 0.497 e. The first-order valence-corrected chi connectivity index (χ1v) is 11.3. The lowest BCUT2D eigenvalue weighted by Crippen LogP contribution is -2.23. The Bertz CT molecular complexity index is 1380. The molecule has 1 heterocycles. The molecule has 0 spiro atoms. The molecule has 4 aromatic rings. The van der Waals surface area contributed by atoms with E-state index in [1.54, 1.807) is 25.3 Å². The number of nitrogens with one attached hydrogen (secondary N) is 1. The number of pyridine rings is 1. The zero-order chi connectivity index (χ0) is 22.7. The number of carbonyl (C=O) groups is 1. The Hall–Kier alpha value is -3.75. The Morgan fingerprint density at radius 2 is 1.69 bits per heavy atom. The standard InChI is InChI=1S/C24H21N3O4S/c1-31-18-10-8-17(9-11-18)23-14-21(20-4-2-3-5-22(20)27-23)24(28)26-15-16-6-12-19(13-7-16)32(25,29)30/h2-14H,15H2,1H3,(H,26,28)(H2,25,29,30). The van der Waals surface area contributed by atoms with E-state index in [1.165, 1.54) is 12.1 Å². The van der Waals surface area contributed by atoms with Crippen LogP contribution in [0.15, 0.2) is 83.8 Å². The molecule has 0 aliphatic carbocycles. The fourth-order valence-electron chi connectivity index (χ4n) is 3.35. The first-order chi connectivity index (χ1) is 15.3. The molecule has 8 heteroatoms. The second-order valence-corrected chi connectivity index (χ2v) is 8.73. The van der Waals surface area contributed by atoms with Crippen LogP contribution in [-0.2, 0) is 16.6 Å². The van der Waals surface area contributed by atoms with Crippen LogP contribution in [0.25, 0.3) is 22.2 Å². The Morgan fingerprint density at radius 3 is 2.34 bits per heavy atom.